The Bertz CT molecular complexity index is 473. The molecule has 0 spiro atoms. The van der Waals surface area contributed by atoms with Gasteiger partial charge >= 0.3 is 6.03 Å². The van der Waals surface area contributed by atoms with Gasteiger partial charge in [0.15, 0.2) is 0 Å². The average Bonchev–Trinajstić information content (AvgIpc) is 2.67. The molecule has 5 nitrogen and oxygen atoms in total. The Morgan fingerprint density at radius 1 is 1.21 bits per heavy atom. The van der Waals surface area contributed by atoms with Crippen molar-refractivity contribution in [2.45, 2.75) is 32.0 Å². The Hall–Kier alpha value is -1.01. The summed E-state index contributed by atoms with van der Waals surface area (Å²) < 4.78 is 0. The Kier molecular flexibility index (Phi) is 4.52. The lowest BCUT2D eigenvalue weighted by atomic mass is 10.1. The van der Waals surface area contributed by atoms with Crippen LogP contribution >= 0.6 is 23.2 Å². The maximum Gasteiger partial charge on any atom is 0.319 e. The number of hydrazine groups is 1. The monoisotopic (exact) mass is 302 g/mol. The molecular weight excluding hydrogens is 287 g/mol. The zero-order valence-electron chi connectivity index (χ0n) is 10.6. The van der Waals surface area contributed by atoms with Crippen molar-refractivity contribution >= 4 is 34.9 Å². The molecule has 4 N–H and O–H groups in total. The van der Waals surface area contributed by atoms with Gasteiger partial charge in [0.05, 0.1) is 21.8 Å². The molecule has 2 rings (SSSR count). The van der Waals surface area contributed by atoms with E-state index in [-0.39, 0.29) is 24.2 Å². The molecule has 7 heteroatoms. The maximum atomic E-state index is 11.9. The molecule has 2 unspecified atom stereocenters. The second-order valence-electron chi connectivity index (χ2n) is 4.59. The second-order valence-corrected chi connectivity index (χ2v) is 5.38. The molecule has 19 heavy (non-hydrogen) atoms. The largest absolute Gasteiger partial charge is 0.332 e. The first kappa shape index (κ1) is 14.4. The number of anilines is 1. The Morgan fingerprint density at radius 3 is 2.47 bits per heavy atom. The predicted octanol–water partition coefficient (Wildman–Crippen LogP) is 2.37. The number of hydrogen-bond donors (Lipinski definition) is 4. The predicted molar refractivity (Wildman–Crippen MR) is 77.6 cm³/mol. The molecule has 0 aliphatic carbocycles. The summed E-state index contributed by atoms with van der Waals surface area (Å²) in [5.74, 6) is 0. The van der Waals surface area contributed by atoms with Crippen LogP contribution in [0.5, 0.6) is 0 Å². The lowest BCUT2D eigenvalue weighted by Crippen LogP contribution is -2.48. The van der Waals surface area contributed by atoms with Crippen LogP contribution in [0.15, 0.2) is 18.2 Å². The fourth-order valence-electron chi connectivity index (χ4n) is 2.04. The van der Waals surface area contributed by atoms with Gasteiger partial charge in [-0.25, -0.2) is 4.79 Å². The Balaban J connectivity index is 2.00. The number of hydrogen-bond acceptors (Lipinski definition) is 3. The third-order valence-corrected chi connectivity index (χ3v) is 3.93. The van der Waals surface area contributed by atoms with Gasteiger partial charge in [-0.15, -0.1) is 0 Å². The molecule has 1 saturated heterocycles. The van der Waals surface area contributed by atoms with Gasteiger partial charge in [-0.1, -0.05) is 29.3 Å². The van der Waals surface area contributed by atoms with E-state index in [9.17, 15) is 4.79 Å². The van der Waals surface area contributed by atoms with E-state index in [1.165, 1.54) is 0 Å². The van der Waals surface area contributed by atoms with E-state index in [0.29, 0.717) is 15.7 Å². The lowest BCUT2D eigenvalue weighted by molar-refractivity contribution is 0.246. The Morgan fingerprint density at radius 2 is 1.84 bits per heavy atom. The molecule has 1 heterocycles. The fraction of sp³-hybridized carbons (Fsp3) is 0.417. The zero-order chi connectivity index (χ0) is 14.0. The van der Waals surface area contributed by atoms with Crippen LogP contribution in [0, 0.1) is 0 Å². The number of nitrogens with one attached hydrogen (secondary N) is 4. The summed E-state index contributed by atoms with van der Waals surface area (Å²) in [6.45, 7) is 3.99. The highest BCUT2D eigenvalue weighted by molar-refractivity contribution is 6.43. The highest BCUT2D eigenvalue weighted by Crippen LogP contribution is 2.29. The van der Waals surface area contributed by atoms with E-state index in [1.807, 2.05) is 13.8 Å². The molecule has 0 bridgehead atoms. The van der Waals surface area contributed by atoms with Crippen molar-refractivity contribution in [2.24, 2.45) is 0 Å². The van der Waals surface area contributed by atoms with Crippen LogP contribution < -0.4 is 21.5 Å². The van der Waals surface area contributed by atoms with Crippen LogP contribution in [-0.4, -0.2) is 24.2 Å². The zero-order valence-corrected chi connectivity index (χ0v) is 12.1. The number of carbonyl (C=O) groups is 1. The summed E-state index contributed by atoms with van der Waals surface area (Å²) in [4.78, 5) is 11.9. The van der Waals surface area contributed by atoms with E-state index in [2.05, 4.69) is 21.5 Å². The van der Waals surface area contributed by atoms with E-state index in [4.69, 9.17) is 23.2 Å². The number of benzene rings is 1. The molecule has 2 atom stereocenters. The molecule has 1 aliphatic heterocycles. The molecule has 1 fully saturated rings. The second kappa shape index (κ2) is 5.96. The lowest BCUT2D eigenvalue weighted by Gasteiger charge is -2.20. The van der Waals surface area contributed by atoms with Crippen molar-refractivity contribution in [1.82, 2.24) is 16.2 Å². The van der Waals surface area contributed by atoms with Crippen LogP contribution in [0.4, 0.5) is 10.5 Å². The quantitative estimate of drug-likeness (QED) is 0.678. The number of rotatable bonds is 2. The van der Waals surface area contributed by atoms with Crippen LogP contribution in [0.3, 0.4) is 0 Å². The van der Waals surface area contributed by atoms with Crippen molar-refractivity contribution in [2.75, 3.05) is 5.32 Å². The standard InChI is InChI=1S/C12H16Cl2N4O/c1-6-11(7(2)18-17-6)16-12(19)15-9-5-3-4-8(13)10(9)14/h3-7,11,17-18H,1-2H3,(H2,15,16,19). The highest BCUT2D eigenvalue weighted by atomic mass is 35.5. The van der Waals surface area contributed by atoms with Crippen molar-refractivity contribution in [3.8, 4) is 0 Å². The number of halogens is 2. The van der Waals surface area contributed by atoms with Gasteiger partial charge in [0.25, 0.3) is 0 Å². The fourth-order valence-corrected chi connectivity index (χ4v) is 2.38. The molecule has 0 saturated carbocycles. The molecule has 1 aliphatic rings. The van der Waals surface area contributed by atoms with Crippen LogP contribution in [-0.2, 0) is 0 Å². The molecule has 2 amide bonds. The van der Waals surface area contributed by atoms with Crippen molar-refractivity contribution in [3.63, 3.8) is 0 Å². The molecule has 104 valence electrons. The first-order valence-electron chi connectivity index (χ1n) is 6.01. The van der Waals surface area contributed by atoms with Crippen LogP contribution in [0.25, 0.3) is 0 Å². The van der Waals surface area contributed by atoms with Gasteiger partial charge in [-0.3, -0.25) is 10.9 Å². The summed E-state index contributed by atoms with van der Waals surface area (Å²) in [5.41, 5.74) is 6.63. The number of carbonyl (C=O) groups excluding carboxylic acids is 1. The molecular formula is C12H16Cl2N4O. The molecule has 0 aromatic heterocycles. The third kappa shape index (κ3) is 3.30. The Labute approximate surface area is 122 Å². The van der Waals surface area contributed by atoms with Gasteiger partial charge < -0.3 is 10.6 Å². The van der Waals surface area contributed by atoms with E-state index < -0.39 is 0 Å². The number of amides is 2. The third-order valence-electron chi connectivity index (χ3n) is 3.11. The van der Waals surface area contributed by atoms with E-state index in [0.717, 1.165) is 0 Å². The number of urea groups is 1. The first-order valence-corrected chi connectivity index (χ1v) is 6.77. The molecule has 0 radical (unpaired) electrons. The minimum atomic E-state index is -0.307. The SMILES string of the molecule is CC1NNC(C)C1NC(=O)Nc1cccc(Cl)c1Cl. The minimum Gasteiger partial charge on any atom is -0.332 e. The first-order chi connectivity index (χ1) is 8.99. The van der Waals surface area contributed by atoms with Gasteiger partial charge in [0.1, 0.15) is 0 Å². The molecule has 1 aromatic rings. The highest BCUT2D eigenvalue weighted by Gasteiger charge is 2.30. The summed E-state index contributed by atoms with van der Waals surface area (Å²) in [6, 6.07) is 5.09. The average molecular weight is 303 g/mol. The van der Waals surface area contributed by atoms with Gasteiger partial charge in [-0.2, -0.15) is 0 Å². The van der Waals surface area contributed by atoms with E-state index in [1.54, 1.807) is 18.2 Å². The topological polar surface area (TPSA) is 65.2 Å². The van der Waals surface area contributed by atoms with Crippen molar-refractivity contribution in [3.05, 3.63) is 28.2 Å². The van der Waals surface area contributed by atoms with Crippen molar-refractivity contribution < 1.29 is 4.79 Å². The van der Waals surface area contributed by atoms with Gasteiger partial charge in [-0.05, 0) is 26.0 Å². The molecule has 1 aromatic carbocycles. The smallest absolute Gasteiger partial charge is 0.319 e. The van der Waals surface area contributed by atoms with Gasteiger partial charge in [0, 0.05) is 12.1 Å². The normalized spacial score (nSPS) is 26.2. The van der Waals surface area contributed by atoms with Crippen LogP contribution in [0.2, 0.25) is 10.0 Å². The maximum absolute atomic E-state index is 11.9. The summed E-state index contributed by atoms with van der Waals surface area (Å²) in [6.07, 6.45) is 0. The van der Waals surface area contributed by atoms with Crippen LogP contribution in [0.1, 0.15) is 13.8 Å². The summed E-state index contributed by atoms with van der Waals surface area (Å²) in [7, 11) is 0. The summed E-state index contributed by atoms with van der Waals surface area (Å²) in [5, 5.41) is 6.34. The van der Waals surface area contributed by atoms with E-state index >= 15 is 0 Å². The van der Waals surface area contributed by atoms with Gasteiger partial charge in [0.2, 0.25) is 0 Å². The van der Waals surface area contributed by atoms with Crippen molar-refractivity contribution in [1.29, 1.82) is 0 Å². The summed E-state index contributed by atoms with van der Waals surface area (Å²) >= 11 is 11.9. The minimum absolute atomic E-state index is 0.00189.